The molecule has 1 aromatic carbocycles. The molecule has 0 saturated carbocycles. The molecule has 2 rings (SSSR count). The van der Waals surface area contributed by atoms with Gasteiger partial charge in [0.1, 0.15) is 0 Å². The Morgan fingerprint density at radius 1 is 1.47 bits per heavy atom. The number of aryl methyl sites for hydroxylation is 1. The third-order valence-electron chi connectivity index (χ3n) is 3.47. The SMILES string of the molecule is Cc1cc(Cl)ccc1C(=O)N1CCC[C@@H]1CC(=O)O. The molecule has 1 aromatic rings. The van der Waals surface area contributed by atoms with Gasteiger partial charge in [-0.1, -0.05) is 11.6 Å². The van der Waals surface area contributed by atoms with Crippen molar-refractivity contribution < 1.29 is 14.7 Å². The molecule has 102 valence electrons. The van der Waals surface area contributed by atoms with Crippen molar-refractivity contribution in [2.75, 3.05) is 6.54 Å². The van der Waals surface area contributed by atoms with E-state index in [4.69, 9.17) is 16.7 Å². The molecule has 1 aliphatic rings. The van der Waals surface area contributed by atoms with E-state index in [0.717, 1.165) is 18.4 Å². The van der Waals surface area contributed by atoms with Gasteiger partial charge in [-0.3, -0.25) is 9.59 Å². The second-order valence-corrected chi connectivity index (χ2v) is 5.29. The predicted molar refractivity (Wildman–Crippen MR) is 72.5 cm³/mol. The van der Waals surface area contributed by atoms with Gasteiger partial charge >= 0.3 is 5.97 Å². The van der Waals surface area contributed by atoms with Crippen molar-refractivity contribution >= 4 is 23.5 Å². The number of carboxylic acid groups (broad SMARTS) is 1. The van der Waals surface area contributed by atoms with Crippen molar-refractivity contribution in [2.24, 2.45) is 0 Å². The van der Waals surface area contributed by atoms with Gasteiger partial charge in [-0.25, -0.2) is 0 Å². The zero-order valence-electron chi connectivity index (χ0n) is 10.7. The van der Waals surface area contributed by atoms with Gasteiger partial charge in [-0.2, -0.15) is 0 Å². The summed E-state index contributed by atoms with van der Waals surface area (Å²) in [5.41, 5.74) is 1.42. The lowest BCUT2D eigenvalue weighted by Gasteiger charge is -2.24. The first-order valence-corrected chi connectivity index (χ1v) is 6.65. The third-order valence-corrected chi connectivity index (χ3v) is 3.70. The molecule has 1 aliphatic heterocycles. The van der Waals surface area contributed by atoms with Crippen LogP contribution in [0.4, 0.5) is 0 Å². The molecule has 1 atom stereocenters. The summed E-state index contributed by atoms with van der Waals surface area (Å²) in [6.45, 7) is 2.46. The third kappa shape index (κ3) is 3.07. The lowest BCUT2D eigenvalue weighted by atomic mass is 10.1. The van der Waals surface area contributed by atoms with Crippen LogP contribution in [0, 0.1) is 6.92 Å². The van der Waals surface area contributed by atoms with E-state index in [-0.39, 0.29) is 18.4 Å². The number of benzene rings is 1. The minimum absolute atomic E-state index is 0.0123. The summed E-state index contributed by atoms with van der Waals surface area (Å²) in [7, 11) is 0. The van der Waals surface area contributed by atoms with Crippen molar-refractivity contribution in [1.82, 2.24) is 4.90 Å². The molecule has 1 amide bonds. The number of carbonyl (C=O) groups is 2. The number of amides is 1. The normalized spacial score (nSPS) is 18.6. The van der Waals surface area contributed by atoms with E-state index < -0.39 is 5.97 Å². The fraction of sp³-hybridized carbons (Fsp3) is 0.429. The molecule has 0 aliphatic carbocycles. The highest BCUT2D eigenvalue weighted by Crippen LogP contribution is 2.24. The Bertz CT molecular complexity index is 515. The van der Waals surface area contributed by atoms with E-state index >= 15 is 0 Å². The number of hydrogen-bond acceptors (Lipinski definition) is 2. The van der Waals surface area contributed by atoms with Gasteiger partial charge in [0.25, 0.3) is 5.91 Å². The van der Waals surface area contributed by atoms with E-state index in [0.29, 0.717) is 17.1 Å². The minimum atomic E-state index is -0.863. The van der Waals surface area contributed by atoms with E-state index in [2.05, 4.69) is 0 Å². The molecule has 1 N–H and O–H groups in total. The smallest absolute Gasteiger partial charge is 0.305 e. The minimum Gasteiger partial charge on any atom is -0.481 e. The molecule has 0 aromatic heterocycles. The summed E-state index contributed by atoms with van der Waals surface area (Å²) in [5.74, 6) is -0.963. The number of halogens is 1. The fourth-order valence-electron chi connectivity index (χ4n) is 2.54. The van der Waals surface area contributed by atoms with Crippen LogP contribution in [-0.4, -0.2) is 34.5 Å². The van der Waals surface area contributed by atoms with Crippen molar-refractivity contribution in [2.45, 2.75) is 32.2 Å². The highest BCUT2D eigenvalue weighted by molar-refractivity contribution is 6.30. The Labute approximate surface area is 117 Å². The van der Waals surface area contributed by atoms with Gasteiger partial charge < -0.3 is 10.0 Å². The Kier molecular flexibility index (Phi) is 4.10. The van der Waals surface area contributed by atoms with Gasteiger partial charge in [0, 0.05) is 23.2 Å². The zero-order valence-corrected chi connectivity index (χ0v) is 11.5. The van der Waals surface area contributed by atoms with Crippen LogP contribution < -0.4 is 0 Å². The fourth-order valence-corrected chi connectivity index (χ4v) is 2.77. The molecule has 1 fully saturated rings. The van der Waals surface area contributed by atoms with Crippen molar-refractivity contribution in [3.05, 3.63) is 34.3 Å². The maximum absolute atomic E-state index is 12.5. The summed E-state index contributed by atoms with van der Waals surface area (Å²) in [4.78, 5) is 24.9. The van der Waals surface area contributed by atoms with Crippen LogP contribution in [0.25, 0.3) is 0 Å². The molecule has 1 heterocycles. The lowest BCUT2D eigenvalue weighted by Crippen LogP contribution is -2.37. The number of hydrogen-bond donors (Lipinski definition) is 1. The van der Waals surface area contributed by atoms with E-state index in [1.807, 2.05) is 6.92 Å². The van der Waals surface area contributed by atoms with Gasteiger partial charge in [0.05, 0.1) is 6.42 Å². The summed E-state index contributed by atoms with van der Waals surface area (Å²) in [6, 6.07) is 4.94. The quantitative estimate of drug-likeness (QED) is 0.927. The molecule has 5 heteroatoms. The van der Waals surface area contributed by atoms with Crippen LogP contribution in [0.2, 0.25) is 5.02 Å². The van der Waals surface area contributed by atoms with Crippen LogP contribution in [0.5, 0.6) is 0 Å². The molecule has 0 radical (unpaired) electrons. The first kappa shape index (κ1) is 13.9. The second-order valence-electron chi connectivity index (χ2n) is 4.85. The van der Waals surface area contributed by atoms with E-state index in [9.17, 15) is 9.59 Å². The molecule has 0 unspecified atom stereocenters. The molecule has 4 nitrogen and oxygen atoms in total. The van der Waals surface area contributed by atoms with Crippen LogP contribution >= 0.6 is 11.6 Å². The average Bonchev–Trinajstić information content (AvgIpc) is 2.75. The topological polar surface area (TPSA) is 57.6 Å². The maximum atomic E-state index is 12.5. The summed E-state index contributed by atoms with van der Waals surface area (Å²) in [5, 5.41) is 9.47. The van der Waals surface area contributed by atoms with Gasteiger partial charge in [0.2, 0.25) is 0 Å². The zero-order chi connectivity index (χ0) is 14.0. The van der Waals surface area contributed by atoms with Crippen molar-refractivity contribution in [3.63, 3.8) is 0 Å². The van der Waals surface area contributed by atoms with E-state index in [1.54, 1.807) is 23.1 Å². The Balaban J connectivity index is 2.20. The molecule has 0 bridgehead atoms. The highest BCUT2D eigenvalue weighted by atomic mass is 35.5. The van der Waals surface area contributed by atoms with Crippen LogP contribution in [0.1, 0.15) is 35.2 Å². The summed E-state index contributed by atoms with van der Waals surface area (Å²) >= 11 is 5.88. The predicted octanol–water partition coefficient (Wildman–Crippen LogP) is 2.73. The van der Waals surface area contributed by atoms with Crippen LogP contribution in [0.15, 0.2) is 18.2 Å². The largest absolute Gasteiger partial charge is 0.481 e. The molecule has 0 spiro atoms. The first-order chi connectivity index (χ1) is 8.99. The van der Waals surface area contributed by atoms with Crippen LogP contribution in [-0.2, 0) is 4.79 Å². The number of rotatable bonds is 3. The number of aliphatic carboxylic acids is 1. The number of likely N-dealkylation sites (tertiary alicyclic amines) is 1. The lowest BCUT2D eigenvalue weighted by molar-refractivity contribution is -0.137. The Hall–Kier alpha value is -1.55. The summed E-state index contributed by atoms with van der Waals surface area (Å²) in [6.07, 6.45) is 1.62. The van der Waals surface area contributed by atoms with Gasteiger partial charge in [0.15, 0.2) is 0 Å². The second kappa shape index (κ2) is 5.61. The van der Waals surface area contributed by atoms with Crippen molar-refractivity contribution in [3.8, 4) is 0 Å². The number of carboxylic acids is 1. The highest BCUT2D eigenvalue weighted by Gasteiger charge is 2.31. The number of carbonyl (C=O) groups excluding carboxylic acids is 1. The maximum Gasteiger partial charge on any atom is 0.305 e. The first-order valence-electron chi connectivity index (χ1n) is 6.28. The van der Waals surface area contributed by atoms with Gasteiger partial charge in [-0.15, -0.1) is 0 Å². The standard InChI is InChI=1S/C14H16ClNO3/c1-9-7-10(15)4-5-12(9)14(19)16-6-2-3-11(16)8-13(17)18/h4-5,7,11H,2-3,6,8H2,1H3,(H,17,18)/t11-/m1/s1. The Morgan fingerprint density at radius 2 is 2.21 bits per heavy atom. The van der Waals surface area contributed by atoms with E-state index in [1.165, 1.54) is 0 Å². The number of nitrogens with zero attached hydrogens (tertiary/aromatic N) is 1. The summed E-state index contributed by atoms with van der Waals surface area (Å²) < 4.78 is 0. The van der Waals surface area contributed by atoms with Gasteiger partial charge in [-0.05, 0) is 43.5 Å². The molecule has 19 heavy (non-hydrogen) atoms. The van der Waals surface area contributed by atoms with Crippen LogP contribution in [0.3, 0.4) is 0 Å². The monoisotopic (exact) mass is 281 g/mol. The molecular formula is C14H16ClNO3. The Morgan fingerprint density at radius 3 is 2.84 bits per heavy atom. The average molecular weight is 282 g/mol. The molecular weight excluding hydrogens is 266 g/mol. The molecule has 1 saturated heterocycles. The van der Waals surface area contributed by atoms with Crippen molar-refractivity contribution in [1.29, 1.82) is 0 Å².